The Morgan fingerprint density at radius 3 is 2.78 bits per heavy atom. The lowest BCUT2D eigenvalue weighted by molar-refractivity contribution is -0.113. The van der Waals surface area contributed by atoms with Gasteiger partial charge in [0.05, 0.1) is 6.42 Å². The highest BCUT2D eigenvalue weighted by atomic mass is 16.1. The van der Waals surface area contributed by atoms with Gasteiger partial charge in [0.25, 0.3) is 0 Å². The van der Waals surface area contributed by atoms with E-state index < -0.39 is 0 Å². The molecular formula is C8H10O. The van der Waals surface area contributed by atoms with Crippen molar-refractivity contribution in [3.05, 3.63) is 12.2 Å². The second kappa shape index (κ2) is 5.11. The predicted octanol–water partition coefficient (Wildman–Crippen LogP) is 1.54. The van der Waals surface area contributed by atoms with Crippen LogP contribution in [0, 0.1) is 11.8 Å². The van der Waals surface area contributed by atoms with Gasteiger partial charge in [0.2, 0.25) is 0 Å². The van der Waals surface area contributed by atoms with Crippen molar-refractivity contribution in [3.8, 4) is 11.8 Å². The van der Waals surface area contributed by atoms with E-state index in [1.165, 1.54) is 6.08 Å². The molecule has 0 amide bonds. The quantitative estimate of drug-likeness (QED) is 0.401. The Bertz CT molecular complexity index is 167. The number of carbonyl (C=O) groups is 1. The lowest BCUT2D eigenvalue weighted by atomic mass is 10.3. The number of hydrogen-bond donors (Lipinski definition) is 0. The maximum absolute atomic E-state index is 10.6. The lowest BCUT2D eigenvalue weighted by Gasteiger charge is -1.79. The molecule has 0 N–H and O–H groups in total. The molecule has 0 rings (SSSR count). The number of rotatable bonds is 2. The van der Waals surface area contributed by atoms with Gasteiger partial charge in [-0.05, 0) is 19.9 Å². The summed E-state index contributed by atoms with van der Waals surface area (Å²) < 4.78 is 0. The van der Waals surface area contributed by atoms with E-state index in [4.69, 9.17) is 0 Å². The van der Waals surface area contributed by atoms with E-state index in [0.29, 0.717) is 6.42 Å². The van der Waals surface area contributed by atoms with Crippen LogP contribution in [-0.2, 0) is 4.79 Å². The maximum atomic E-state index is 10.6. The number of allylic oxidation sites excluding steroid dienone is 2. The molecule has 0 atom stereocenters. The van der Waals surface area contributed by atoms with Gasteiger partial charge in [-0.2, -0.15) is 0 Å². The molecule has 0 fully saturated rings. The zero-order valence-electron chi connectivity index (χ0n) is 5.77. The Morgan fingerprint density at radius 1 is 1.67 bits per heavy atom. The molecular weight excluding hydrogens is 112 g/mol. The van der Waals surface area contributed by atoms with Crippen LogP contribution in [0.5, 0.6) is 0 Å². The van der Waals surface area contributed by atoms with Gasteiger partial charge >= 0.3 is 0 Å². The molecule has 0 saturated heterocycles. The second-order valence-corrected chi connectivity index (χ2v) is 1.57. The highest BCUT2D eigenvalue weighted by Crippen LogP contribution is 1.81. The molecule has 0 aromatic carbocycles. The highest BCUT2D eigenvalue weighted by molar-refractivity contribution is 5.91. The van der Waals surface area contributed by atoms with Gasteiger partial charge in [-0.1, -0.05) is 12.0 Å². The summed E-state index contributed by atoms with van der Waals surface area (Å²) in [5.74, 6) is 5.41. The van der Waals surface area contributed by atoms with Gasteiger partial charge in [0.15, 0.2) is 5.78 Å². The van der Waals surface area contributed by atoms with Gasteiger partial charge in [-0.3, -0.25) is 4.79 Å². The predicted molar refractivity (Wildman–Crippen MR) is 37.9 cm³/mol. The standard InChI is InChI=1S/C8H10O/c1-3-5-7-8(9)6-4-2/h4,6H,7H2,1-2H3/b6-4+. The van der Waals surface area contributed by atoms with Gasteiger partial charge in [0, 0.05) is 0 Å². The van der Waals surface area contributed by atoms with Crippen LogP contribution >= 0.6 is 0 Å². The van der Waals surface area contributed by atoms with Crippen LogP contribution in [0.1, 0.15) is 20.3 Å². The first kappa shape index (κ1) is 7.97. The van der Waals surface area contributed by atoms with Crippen LogP contribution in [-0.4, -0.2) is 5.78 Å². The zero-order valence-corrected chi connectivity index (χ0v) is 5.77. The molecule has 0 aliphatic rings. The molecule has 0 aromatic rings. The van der Waals surface area contributed by atoms with Gasteiger partial charge < -0.3 is 0 Å². The van der Waals surface area contributed by atoms with Gasteiger partial charge in [0.1, 0.15) is 0 Å². The fourth-order valence-electron chi connectivity index (χ4n) is 0.420. The molecule has 48 valence electrons. The topological polar surface area (TPSA) is 17.1 Å². The molecule has 0 unspecified atom stereocenters. The maximum Gasteiger partial charge on any atom is 0.167 e. The Balaban J connectivity index is 3.60. The summed E-state index contributed by atoms with van der Waals surface area (Å²) in [5, 5.41) is 0. The Kier molecular flexibility index (Phi) is 4.53. The monoisotopic (exact) mass is 122 g/mol. The summed E-state index contributed by atoms with van der Waals surface area (Å²) in [4.78, 5) is 10.6. The largest absolute Gasteiger partial charge is 0.294 e. The average Bonchev–Trinajstić information content (AvgIpc) is 1.85. The summed E-state index contributed by atoms with van der Waals surface area (Å²) in [5.41, 5.74) is 0. The number of ketones is 1. The first-order chi connectivity index (χ1) is 4.31. The summed E-state index contributed by atoms with van der Waals surface area (Å²) in [6, 6.07) is 0. The molecule has 0 heterocycles. The van der Waals surface area contributed by atoms with Crippen LogP contribution < -0.4 is 0 Å². The van der Waals surface area contributed by atoms with E-state index in [1.807, 2.05) is 6.92 Å². The molecule has 0 aromatic heterocycles. The van der Waals surface area contributed by atoms with E-state index in [1.54, 1.807) is 13.0 Å². The highest BCUT2D eigenvalue weighted by Gasteiger charge is 1.87. The third-order valence-electron chi connectivity index (χ3n) is 0.792. The Morgan fingerprint density at radius 2 is 2.33 bits per heavy atom. The fourth-order valence-corrected chi connectivity index (χ4v) is 0.420. The minimum Gasteiger partial charge on any atom is -0.294 e. The smallest absolute Gasteiger partial charge is 0.167 e. The van der Waals surface area contributed by atoms with Crippen molar-refractivity contribution in [1.29, 1.82) is 0 Å². The van der Waals surface area contributed by atoms with Crippen molar-refractivity contribution in [1.82, 2.24) is 0 Å². The summed E-state index contributed by atoms with van der Waals surface area (Å²) in [7, 11) is 0. The molecule has 0 aliphatic heterocycles. The summed E-state index contributed by atoms with van der Waals surface area (Å²) in [6.07, 6.45) is 3.60. The molecule has 9 heavy (non-hydrogen) atoms. The number of hydrogen-bond acceptors (Lipinski definition) is 1. The van der Waals surface area contributed by atoms with E-state index in [9.17, 15) is 4.79 Å². The number of carbonyl (C=O) groups excluding carboxylic acids is 1. The van der Waals surface area contributed by atoms with E-state index >= 15 is 0 Å². The zero-order chi connectivity index (χ0) is 7.11. The first-order valence-corrected chi connectivity index (χ1v) is 2.86. The summed E-state index contributed by atoms with van der Waals surface area (Å²) >= 11 is 0. The molecule has 0 saturated carbocycles. The minimum atomic E-state index is 0.0758. The van der Waals surface area contributed by atoms with Gasteiger partial charge in [-0.25, -0.2) is 0 Å². The van der Waals surface area contributed by atoms with Gasteiger partial charge in [-0.15, -0.1) is 5.92 Å². The second-order valence-electron chi connectivity index (χ2n) is 1.57. The van der Waals surface area contributed by atoms with Crippen molar-refractivity contribution >= 4 is 5.78 Å². The Hall–Kier alpha value is -1.03. The SMILES string of the molecule is CC#CCC(=O)/C=C/C. The van der Waals surface area contributed by atoms with Crippen molar-refractivity contribution in [2.75, 3.05) is 0 Å². The first-order valence-electron chi connectivity index (χ1n) is 2.86. The molecule has 0 bridgehead atoms. The summed E-state index contributed by atoms with van der Waals surface area (Å²) in [6.45, 7) is 3.54. The minimum absolute atomic E-state index is 0.0758. The van der Waals surface area contributed by atoms with Crippen molar-refractivity contribution in [3.63, 3.8) is 0 Å². The molecule has 0 radical (unpaired) electrons. The molecule has 0 aliphatic carbocycles. The molecule has 0 spiro atoms. The van der Waals surface area contributed by atoms with Crippen molar-refractivity contribution < 1.29 is 4.79 Å². The fraction of sp³-hybridized carbons (Fsp3) is 0.375. The van der Waals surface area contributed by atoms with Crippen LogP contribution in [0.15, 0.2) is 12.2 Å². The van der Waals surface area contributed by atoms with Crippen LogP contribution in [0.2, 0.25) is 0 Å². The third-order valence-corrected chi connectivity index (χ3v) is 0.792. The van der Waals surface area contributed by atoms with Crippen molar-refractivity contribution in [2.24, 2.45) is 0 Å². The van der Waals surface area contributed by atoms with E-state index in [-0.39, 0.29) is 5.78 Å². The van der Waals surface area contributed by atoms with Crippen LogP contribution in [0.4, 0.5) is 0 Å². The lowest BCUT2D eigenvalue weighted by Crippen LogP contribution is -1.87. The third kappa shape index (κ3) is 4.83. The van der Waals surface area contributed by atoms with E-state index in [2.05, 4.69) is 11.8 Å². The van der Waals surface area contributed by atoms with Crippen LogP contribution in [0.3, 0.4) is 0 Å². The van der Waals surface area contributed by atoms with Crippen LogP contribution in [0.25, 0.3) is 0 Å². The molecule has 1 nitrogen and oxygen atoms in total. The molecule has 1 heteroatoms. The average molecular weight is 122 g/mol. The van der Waals surface area contributed by atoms with E-state index in [0.717, 1.165) is 0 Å². The Labute approximate surface area is 55.8 Å². The van der Waals surface area contributed by atoms with Crippen molar-refractivity contribution in [2.45, 2.75) is 20.3 Å². The normalized spacial score (nSPS) is 8.67.